The third kappa shape index (κ3) is 3.54. The summed E-state index contributed by atoms with van der Waals surface area (Å²) < 4.78 is 7.38. The molecule has 0 atom stereocenters. The Kier molecular flexibility index (Phi) is 5.47. The van der Waals surface area contributed by atoms with Crippen LogP contribution in [0.1, 0.15) is 66.8 Å². The molecule has 1 amide bonds. The van der Waals surface area contributed by atoms with Crippen LogP contribution in [-0.4, -0.2) is 46.9 Å². The van der Waals surface area contributed by atoms with Crippen molar-refractivity contribution in [3.63, 3.8) is 0 Å². The monoisotopic (exact) mass is 355 g/mol. The largest absolute Gasteiger partial charge is 0.378 e. The van der Waals surface area contributed by atoms with E-state index in [1.165, 1.54) is 5.56 Å². The Labute approximate surface area is 156 Å². The minimum absolute atomic E-state index is 0.0825. The molecule has 2 aromatic rings. The van der Waals surface area contributed by atoms with Gasteiger partial charge < -0.3 is 9.64 Å². The van der Waals surface area contributed by atoms with Crippen molar-refractivity contribution in [3.8, 4) is 5.69 Å². The molecular weight excluding hydrogens is 326 g/mol. The number of hydrogen-bond donors (Lipinski definition) is 0. The number of aromatic nitrogens is 2. The molecule has 1 aromatic heterocycles. The molecule has 140 valence electrons. The number of carbonyl (C=O) groups is 1. The molecule has 3 rings (SSSR count). The molecule has 2 heterocycles. The van der Waals surface area contributed by atoms with E-state index in [1.54, 1.807) is 0 Å². The predicted molar refractivity (Wildman–Crippen MR) is 103 cm³/mol. The van der Waals surface area contributed by atoms with Gasteiger partial charge in [0.25, 0.3) is 5.91 Å². The summed E-state index contributed by atoms with van der Waals surface area (Å²) in [5.74, 6) is 0.453. The summed E-state index contributed by atoms with van der Waals surface area (Å²) in [5.41, 5.74) is 4.86. The van der Waals surface area contributed by atoms with E-state index in [9.17, 15) is 4.79 Å². The van der Waals surface area contributed by atoms with Crippen LogP contribution in [-0.2, 0) is 4.74 Å². The fourth-order valence-electron chi connectivity index (χ4n) is 3.41. The van der Waals surface area contributed by atoms with Crippen molar-refractivity contribution in [1.29, 1.82) is 0 Å². The topological polar surface area (TPSA) is 47.4 Å². The third-order valence-electron chi connectivity index (χ3n) is 4.83. The number of hydrogen-bond acceptors (Lipinski definition) is 3. The quantitative estimate of drug-likeness (QED) is 0.836. The SMILES string of the molecule is Cc1ccc(-n2nc(C(C)C)c(C(=O)N3CCOCC3)c2C(C)C)cc1. The number of morpholine rings is 1. The molecule has 1 fully saturated rings. The average Bonchev–Trinajstić information content (AvgIpc) is 3.03. The summed E-state index contributed by atoms with van der Waals surface area (Å²) in [4.78, 5) is 15.3. The summed E-state index contributed by atoms with van der Waals surface area (Å²) in [6.45, 7) is 13.0. The smallest absolute Gasteiger partial charge is 0.257 e. The van der Waals surface area contributed by atoms with E-state index >= 15 is 0 Å². The van der Waals surface area contributed by atoms with Crippen LogP contribution >= 0.6 is 0 Å². The minimum Gasteiger partial charge on any atom is -0.378 e. The van der Waals surface area contributed by atoms with E-state index in [4.69, 9.17) is 9.84 Å². The molecule has 0 saturated carbocycles. The zero-order valence-corrected chi connectivity index (χ0v) is 16.5. The lowest BCUT2D eigenvalue weighted by Gasteiger charge is -2.27. The molecule has 1 aliphatic rings. The van der Waals surface area contributed by atoms with Gasteiger partial charge in [0.1, 0.15) is 0 Å². The summed E-state index contributed by atoms with van der Waals surface area (Å²) in [7, 11) is 0. The number of amides is 1. The highest BCUT2D eigenvalue weighted by atomic mass is 16.5. The van der Waals surface area contributed by atoms with Gasteiger partial charge in [0.05, 0.1) is 35.9 Å². The molecule has 0 spiro atoms. The first-order valence-electron chi connectivity index (χ1n) is 9.47. The minimum atomic E-state index is 0.0825. The van der Waals surface area contributed by atoms with Crippen LogP contribution in [0.25, 0.3) is 5.69 Å². The Balaban J connectivity index is 2.14. The van der Waals surface area contributed by atoms with Gasteiger partial charge in [-0.3, -0.25) is 4.79 Å². The highest BCUT2D eigenvalue weighted by molar-refractivity contribution is 5.97. The van der Waals surface area contributed by atoms with Crippen LogP contribution in [0, 0.1) is 6.92 Å². The van der Waals surface area contributed by atoms with Crippen LogP contribution in [0.2, 0.25) is 0 Å². The lowest BCUT2D eigenvalue weighted by atomic mass is 9.97. The van der Waals surface area contributed by atoms with Crippen molar-refractivity contribution in [2.45, 2.75) is 46.5 Å². The van der Waals surface area contributed by atoms with Gasteiger partial charge in [0.15, 0.2) is 0 Å². The zero-order chi connectivity index (χ0) is 18.8. The maximum absolute atomic E-state index is 13.4. The lowest BCUT2D eigenvalue weighted by molar-refractivity contribution is 0.0301. The molecule has 26 heavy (non-hydrogen) atoms. The van der Waals surface area contributed by atoms with Crippen LogP contribution in [0.3, 0.4) is 0 Å². The standard InChI is InChI=1S/C21H29N3O2/c1-14(2)19-18(21(25)23-10-12-26-13-11-23)20(15(3)4)24(22-19)17-8-6-16(5)7-9-17/h6-9,14-15H,10-13H2,1-5H3. The fraction of sp³-hybridized carbons (Fsp3) is 0.524. The Morgan fingerprint density at radius 3 is 2.19 bits per heavy atom. The Hall–Kier alpha value is -2.14. The average molecular weight is 355 g/mol. The van der Waals surface area contributed by atoms with Crippen molar-refractivity contribution in [2.75, 3.05) is 26.3 Å². The van der Waals surface area contributed by atoms with Gasteiger partial charge in [0.2, 0.25) is 0 Å². The van der Waals surface area contributed by atoms with Crippen molar-refractivity contribution in [2.24, 2.45) is 0 Å². The maximum atomic E-state index is 13.4. The number of benzene rings is 1. The molecule has 1 aromatic carbocycles. The van der Waals surface area contributed by atoms with Gasteiger partial charge in [-0.05, 0) is 30.9 Å². The molecule has 1 saturated heterocycles. The van der Waals surface area contributed by atoms with Crippen molar-refractivity contribution in [1.82, 2.24) is 14.7 Å². The van der Waals surface area contributed by atoms with Crippen molar-refractivity contribution < 1.29 is 9.53 Å². The molecule has 0 unspecified atom stereocenters. The third-order valence-corrected chi connectivity index (χ3v) is 4.83. The first-order valence-corrected chi connectivity index (χ1v) is 9.47. The molecule has 1 aliphatic heterocycles. The predicted octanol–water partition coefficient (Wildman–Crippen LogP) is 3.90. The second-order valence-corrected chi connectivity index (χ2v) is 7.61. The van der Waals surface area contributed by atoms with Gasteiger partial charge >= 0.3 is 0 Å². The van der Waals surface area contributed by atoms with Crippen molar-refractivity contribution >= 4 is 5.91 Å². The van der Waals surface area contributed by atoms with E-state index in [0.717, 1.165) is 22.6 Å². The summed E-state index contributed by atoms with van der Waals surface area (Å²) in [6, 6.07) is 8.31. The molecule has 5 nitrogen and oxygen atoms in total. The molecule has 0 bridgehead atoms. The Morgan fingerprint density at radius 2 is 1.65 bits per heavy atom. The second-order valence-electron chi connectivity index (χ2n) is 7.61. The molecule has 0 aliphatic carbocycles. The molecule has 5 heteroatoms. The van der Waals surface area contributed by atoms with E-state index in [-0.39, 0.29) is 17.7 Å². The highest BCUT2D eigenvalue weighted by Crippen LogP contribution is 2.31. The van der Waals surface area contributed by atoms with Gasteiger partial charge in [0, 0.05) is 13.1 Å². The van der Waals surface area contributed by atoms with Gasteiger partial charge in [-0.25, -0.2) is 4.68 Å². The zero-order valence-electron chi connectivity index (χ0n) is 16.5. The number of carbonyl (C=O) groups excluding carboxylic acids is 1. The van der Waals surface area contributed by atoms with Gasteiger partial charge in [-0.1, -0.05) is 45.4 Å². The van der Waals surface area contributed by atoms with Crippen LogP contribution in [0.15, 0.2) is 24.3 Å². The number of rotatable bonds is 4. The van der Waals surface area contributed by atoms with E-state index in [1.807, 2.05) is 9.58 Å². The van der Waals surface area contributed by atoms with Gasteiger partial charge in [-0.15, -0.1) is 0 Å². The van der Waals surface area contributed by atoms with Crippen LogP contribution < -0.4 is 0 Å². The summed E-state index contributed by atoms with van der Waals surface area (Å²) >= 11 is 0. The maximum Gasteiger partial charge on any atom is 0.257 e. The van der Waals surface area contributed by atoms with E-state index in [0.29, 0.717) is 26.3 Å². The second kappa shape index (κ2) is 7.62. The highest BCUT2D eigenvalue weighted by Gasteiger charge is 2.31. The van der Waals surface area contributed by atoms with Crippen LogP contribution in [0.5, 0.6) is 0 Å². The van der Waals surface area contributed by atoms with E-state index < -0.39 is 0 Å². The first-order chi connectivity index (χ1) is 12.4. The lowest BCUT2D eigenvalue weighted by Crippen LogP contribution is -2.41. The number of nitrogens with zero attached hydrogens (tertiary/aromatic N) is 3. The summed E-state index contributed by atoms with van der Waals surface area (Å²) in [6.07, 6.45) is 0. The first kappa shape index (κ1) is 18.6. The number of aryl methyl sites for hydroxylation is 1. The molecular formula is C21H29N3O2. The fourth-order valence-corrected chi connectivity index (χ4v) is 3.41. The number of ether oxygens (including phenoxy) is 1. The normalized spacial score (nSPS) is 15.1. The molecule has 0 N–H and O–H groups in total. The van der Waals surface area contributed by atoms with Crippen LogP contribution in [0.4, 0.5) is 0 Å². The van der Waals surface area contributed by atoms with E-state index in [2.05, 4.69) is 58.9 Å². The Morgan fingerprint density at radius 1 is 1.04 bits per heavy atom. The molecule has 0 radical (unpaired) electrons. The summed E-state index contributed by atoms with van der Waals surface area (Å²) in [5, 5.41) is 4.88. The van der Waals surface area contributed by atoms with Crippen molar-refractivity contribution in [3.05, 3.63) is 46.8 Å². The Bertz CT molecular complexity index is 769. The van der Waals surface area contributed by atoms with Gasteiger partial charge in [-0.2, -0.15) is 5.10 Å².